The summed E-state index contributed by atoms with van der Waals surface area (Å²) in [4.78, 5) is 10.9. The molecule has 0 spiro atoms. The van der Waals surface area contributed by atoms with Gasteiger partial charge in [-0.25, -0.2) is 4.79 Å². The summed E-state index contributed by atoms with van der Waals surface area (Å²) in [5, 5.41) is 2.40. The van der Waals surface area contributed by atoms with E-state index in [9.17, 15) is 4.79 Å². The molecule has 0 aliphatic rings. The molecule has 1 rings (SSSR count). The van der Waals surface area contributed by atoms with Gasteiger partial charge in [-0.1, -0.05) is 32.9 Å². The van der Waals surface area contributed by atoms with Crippen LogP contribution in [-0.2, 0) is 5.41 Å². The van der Waals surface area contributed by atoms with Crippen molar-refractivity contribution in [3.05, 3.63) is 29.8 Å². The van der Waals surface area contributed by atoms with Gasteiger partial charge in [-0.05, 0) is 23.1 Å². The van der Waals surface area contributed by atoms with Crippen LogP contribution >= 0.6 is 17.0 Å². The minimum atomic E-state index is -0.446. The highest BCUT2D eigenvalue weighted by Gasteiger charge is 2.13. The van der Waals surface area contributed by atoms with Crippen molar-refractivity contribution in [2.75, 3.05) is 7.05 Å². The Morgan fingerprint density at radius 1 is 1.19 bits per heavy atom. The van der Waals surface area contributed by atoms with E-state index >= 15 is 0 Å². The van der Waals surface area contributed by atoms with Gasteiger partial charge in [0.05, 0.1) is 0 Å². The normalized spacial score (nSPS) is 10.2. The van der Waals surface area contributed by atoms with Crippen LogP contribution in [-0.4, -0.2) is 13.1 Å². The highest BCUT2D eigenvalue weighted by Crippen LogP contribution is 2.24. The first-order chi connectivity index (χ1) is 6.93. The van der Waals surface area contributed by atoms with Gasteiger partial charge in [0, 0.05) is 7.05 Å². The third-order valence-electron chi connectivity index (χ3n) is 2.14. The van der Waals surface area contributed by atoms with Crippen LogP contribution in [0, 0.1) is 0 Å². The van der Waals surface area contributed by atoms with Crippen molar-refractivity contribution < 1.29 is 9.53 Å². The molecule has 3 nitrogen and oxygen atoms in total. The zero-order chi connectivity index (χ0) is 11.5. The van der Waals surface area contributed by atoms with Crippen molar-refractivity contribution in [3.8, 4) is 5.75 Å². The monoisotopic (exact) mass is 287 g/mol. The maximum absolute atomic E-state index is 10.9. The maximum atomic E-state index is 10.9. The van der Waals surface area contributed by atoms with Crippen LogP contribution in [0.15, 0.2) is 24.3 Å². The molecule has 0 saturated carbocycles. The molecule has 0 fully saturated rings. The fourth-order valence-corrected chi connectivity index (χ4v) is 1.18. The molecule has 1 amide bonds. The van der Waals surface area contributed by atoms with Crippen molar-refractivity contribution in [3.63, 3.8) is 0 Å². The van der Waals surface area contributed by atoms with Crippen molar-refractivity contribution >= 4 is 23.1 Å². The SMILES string of the molecule is Br.CNC(=O)Oc1ccc(C(C)(C)C)cc1. The van der Waals surface area contributed by atoms with Gasteiger partial charge in [0.1, 0.15) is 5.75 Å². The van der Waals surface area contributed by atoms with Crippen LogP contribution in [0.2, 0.25) is 0 Å². The Balaban J connectivity index is 0.00000225. The number of nitrogens with one attached hydrogen (secondary N) is 1. The lowest BCUT2D eigenvalue weighted by atomic mass is 9.87. The smallest absolute Gasteiger partial charge is 0.410 e. The van der Waals surface area contributed by atoms with Crippen molar-refractivity contribution in [2.24, 2.45) is 0 Å². The Bertz CT molecular complexity index is 341. The van der Waals surface area contributed by atoms with Crippen molar-refractivity contribution in [1.29, 1.82) is 0 Å². The molecular formula is C12H18BrNO2. The first-order valence-corrected chi connectivity index (χ1v) is 4.93. The molecule has 16 heavy (non-hydrogen) atoms. The second kappa shape index (κ2) is 5.89. The molecule has 0 unspecified atom stereocenters. The van der Waals surface area contributed by atoms with E-state index in [-0.39, 0.29) is 22.4 Å². The second-order valence-electron chi connectivity index (χ2n) is 4.41. The lowest BCUT2D eigenvalue weighted by Gasteiger charge is -2.18. The average molecular weight is 288 g/mol. The molecule has 0 atom stereocenters. The van der Waals surface area contributed by atoms with Gasteiger partial charge >= 0.3 is 6.09 Å². The van der Waals surface area contributed by atoms with E-state index in [0.717, 1.165) is 0 Å². The molecule has 4 heteroatoms. The van der Waals surface area contributed by atoms with Gasteiger partial charge in [-0.3, -0.25) is 0 Å². The number of rotatable bonds is 1. The van der Waals surface area contributed by atoms with E-state index in [1.54, 1.807) is 12.1 Å². The van der Waals surface area contributed by atoms with Crippen LogP contribution in [0.3, 0.4) is 0 Å². The highest BCUT2D eigenvalue weighted by atomic mass is 79.9. The Morgan fingerprint density at radius 3 is 2.06 bits per heavy atom. The Kier molecular flexibility index (Phi) is 5.51. The third-order valence-corrected chi connectivity index (χ3v) is 2.14. The summed E-state index contributed by atoms with van der Waals surface area (Å²) >= 11 is 0. The van der Waals surface area contributed by atoms with Crippen LogP contribution in [0.25, 0.3) is 0 Å². The summed E-state index contributed by atoms with van der Waals surface area (Å²) in [6, 6.07) is 7.54. The van der Waals surface area contributed by atoms with Crippen molar-refractivity contribution in [2.45, 2.75) is 26.2 Å². The molecule has 0 aromatic heterocycles. The van der Waals surface area contributed by atoms with E-state index < -0.39 is 6.09 Å². The van der Waals surface area contributed by atoms with Crippen LogP contribution in [0.5, 0.6) is 5.75 Å². The molecule has 1 aromatic carbocycles. The van der Waals surface area contributed by atoms with E-state index in [1.165, 1.54) is 12.6 Å². The number of benzene rings is 1. The molecule has 0 aliphatic carbocycles. The molecule has 0 radical (unpaired) electrons. The van der Waals surface area contributed by atoms with E-state index in [4.69, 9.17) is 4.74 Å². The van der Waals surface area contributed by atoms with E-state index in [1.807, 2.05) is 12.1 Å². The lowest BCUT2D eigenvalue weighted by Crippen LogP contribution is -2.22. The Labute approximate surface area is 107 Å². The molecular weight excluding hydrogens is 270 g/mol. The number of ether oxygens (including phenoxy) is 1. The zero-order valence-electron chi connectivity index (χ0n) is 10.0. The summed E-state index contributed by atoms with van der Waals surface area (Å²) in [7, 11) is 1.53. The summed E-state index contributed by atoms with van der Waals surface area (Å²) < 4.78 is 4.98. The van der Waals surface area contributed by atoms with Crippen LogP contribution < -0.4 is 10.1 Å². The maximum Gasteiger partial charge on any atom is 0.412 e. The topological polar surface area (TPSA) is 38.3 Å². The predicted octanol–water partition coefficient (Wildman–Crippen LogP) is 3.28. The largest absolute Gasteiger partial charge is 0.412 e. The summed E-state index contributed by atoms with van der Waals surface area (Å²) in [5.74, 6) is 0.558. The average Bonchev–Trinajstić information content (AvgIpc) is 2.17. The van der Waals surface area contributed by atoms with Gasteiger partial charge in [-0.15, -0.1) is 17.0 Å². The molecule has 0 bridgehead atoms. The van der Waals surface area contributed by atoms with Crippen LogP contribution in [0.1, 0.15) is 26.3 Å². The number of hydrogen-bond acceptors (Lipinski definition) is 2. The standard InChI is InChI=1S/C12H17NO2.BrH/c1-12(2,3)9-5-7-10(8-6-9)15-11(14)13-4;/h5-8H,1-4H3,(H,13,14);1H. The molecule has 1 N–H and O–H groups in total. The van der Waals surface area contributed by atoms with Crippen LogP contribution in [0.4, 0.5) is 4.79 Å². The van der Waals surface area contributed by atoms with Gasteiger partial charge in [0.2, 0.25) is 0 Å². The summed E-state index contributed by atoms with van der Waals surface area (Å²) in [5.41, 5.74) is 1.33. The van der Waals surface area contributed by atoms with Gasteiger partial charge in [0.25, 0.3) is 0 Å². The highest BCUT2D eigenvalue weighted by molar-refractivity contribution is 8.93. The summed E-state index contributed by atoms with van der Waals surface area (Å²) in [6.45, 7) is 6.42. The molecule has 0 aliphatic heterocycles. The molecule has 0 heterocycles. The first kappa shape index (κ1) is 15.0. The molecule has 1 aromatic rings. The van der Waals surface area contributed by atoms with E-state index in [2.05, 4.69) is 26.1 Å². The van der Waals surface area contributed by atoms with Gasteiger partial charge in [-0.2, -0.15) is 0 Å². The van der Waals surface area contributed by atoms with Crippen molar-refractivity contribution in [1.82, 2.24) is 5.32 Å². The quantitative estimate of drug-likeness (QED) is 0.861. The Hall–Kier alpha value is -1.03. The predicted molar refractivity (Wildman–Crippen MR) is 70.5 cm³/mol. The number of hydrogen-bond donors (Lipinski definition) is 1. The number of halogens is 1. The summed E-state index contributed by atoms with van der Waals surface area (Å²) in [6.07, 6.45) is -0.446. The zero-order valence-corrected chi connectivity index (χ0v) is 11.7. The number of carbonyl (C=O) groups is 1. The van der Waals surface area contributed by atoms with E-state index in [0.29, 0.717) is 5.75 Å². The fourth-order valence-electron chi connectivity index (χ4n) is 1.18. The minimum Gasteiger partial charge on any atom is -0.410 e. The number of amides is 1. The minimum absolute atomic E-state index is 0. The fraction of sp³-hybridized carbons (Fsp3) is 0.417. The lowest BCUT2D eigenvalue weighted by molar-refractivity contribution is 0.203. The second-order valence-corrected chi connectivity index (χ2v) is 4.41. The van der Waals surface area contributed by atoms with Gasteiger partial charge in [0.15, 0.2) is 0 Å². The Morgan fingerprint density at radius 2 is 1.69 bits per heavy atom. The molecule has 90 valence electrons. The first-order valence-electron chi connectivity index (χ1n) is 4.93. The number of carbonyl (C=O) groups excluding carboxylic acids is 1. The molecule has 0 saturated heterocycles. The third kappa shape index (κ3) is 4.23. The van der Waals surface area contributed by atoms with Gasteiger partial charge < -0.3 is 10.1 Å².